The van der Waals surface area contributed by atoms with Gasteiger partial charge in [0, 0.05) is 31.6 Å². The van der Waals surface area contributed by atoms with Gasteiger partial charge >= 0.3 is 5.97 Å². The molecule has 2 rings (SSSR count). The minimum absolute atomic E-state index is 0.0831. The number of carbonyl (C=O) groups excluding carboxylic acids is 2. The molecule has 1 aliphatic carbocycles. The molecule has 6 nitrogen and oxygen atoms in total. The van der Waals surface area contributed by atoms with Crippen molar-refractivity contribution in [1.29, 1.82) is 0 Å². The molecule has 2 fully saturated rings. The van der Waals surface area contributed by atoms with E-state index in [4.69, 9.17) is 0 Å². The highest BCUT2D eigenvalue weighted by Gasteiger charge is 2.66. The summed E-state index contributed by atoms with van der Waals surface area (Å²) in [7, 11) is 0. The second-order valence-corrected chi connectivity index (χ2v) is 7.98. The lowest BCUT2D eigenvalue weighted by molar-refractivity contribution is -0.146. The number of rotatable bonds is 2. The third kappa shape index (κ3) is 2.83. The number of aliphatic carboxylic acids is 1. The van der Waals surface area contributed by atoms with Crippen LogP contribution in [0.25, 0.3) is 0 Å². The maximum absolute atomic E-state index is 12.5. The minimum Gasteiger partial charge on any atom is -0.481 e. The molecule has 124 valence electrons. The van der Waals surface area contributed by atoms with E-state index in [0.29, 0.717) is 26.2 Å². The first-order chi connectivity index (χ1) is 9.98. The quantitative estimate of drug-likeness (QED) is 0.827. The van der Waals surface area contributed by atoms with Gasteiger partial charge in [0.1, 0.15) is 0 Å². The van der Waals surface area contributed by atoms with Gasteiger partial charge in [0.05, 0.1) is 11.8 Å². The highest BCUT2D eigenvalue weighted by atomic mass is 16.4. The Bertz CT molecular complexity index is 499. The number of carbonyl (C=O) groups is 3. The molecule has 1 heterocycles. The highest BCUT2D eigenvalue weighted by Crippen LogP contribution is 2.59. The molecule has 1 N–H and O–H groups in total. The van der Waals surface area contributed by atoms with Crippen LogP contribution in [0.5, 0.6) is 0 Å². The van der Waals surface area contributed by atoms with Crippen LogP contribution in [-0.2, 0) is 14.4 Å². The van der Waals surface area contributed by atoms with E-state index in [0.717, 1.165) is 0 Å². The average Bonchev–Trinajstić information content (AvgIpc) is 2.99. The number of amides is 2. The number of nitrogens with zero attached hydrogens (tertiary/aromatic N) is 2. The lowest BCUT2D eigenvalue weighted by Crippen LogP contribution is -2.53. The van der Waals surface area contributed by atoms with Crippen LogP contribution < -0.4 is 0 Å². The average molecular weight is 310 g/mol. The van der Waals surface area contributed by atoms with Crippen LogP contribution in [0.1, 0.15) is 34.6 Å². The van der Waals surface area contributed by atoms with Gasteiger partial charge in [0.15, 0.2) is 0 Å². The Kier molecular flexibility index (Phi) is 4.00. The molecule has 0 unspecified atom stereocenters. The van der Waals surface area contributed by atoms with Crippen molar-refractivity contribution < 1.29 is 19.5 Å². The van der Waals surface area contributed by atoms with Crippen molar-refractivity contribution in [3.05, 3.63) is 0 Å². The molecular weight excluding hydrogens is 284 g/mol. The molecule has 0 aromatic heterocycles. The number of piperazine rings is 1. The predicted molar refractivity (Wildman–Crippen MR) is 81.0 cm³/mol. The first-order valence-electron chi connectivity index (χ1n) is 7.79. The molecule has 1 saturated carbocycles. The predicted octanol–water partition coefficient (Wildman–Crippen LogP) is 1.06. The van der Waals surface area contributed by atoms with Crippen molar-refractivity contribution in [3.63, 3.8) is 0 Å². The van der Waals surface area contributed by atoms with E-state index in [-0.39, 0.29) is 11.8 Å². The van der Waals surface area contributed by atoms with Crippen LogP contribution in [0, 0.1) is 22.7 Å². The Balaban J connectivity index is 1.94. The number of carboxylic acids is 1. The van der Waals surface area contributed by atoms with Gasteiger partial charge in [-0.15, -0.1) is 0 Å². The second-order valence-electron chi connectivity index (χ2n) is 7.98. The normalized spacial score (nSPS) is 27.5. The maximum Gasteiger partial charge on any atom is 0.307 e. The first kappa shape index (κ1) is 16.8. The summed E-state index contributed by atoms with van der Waals surface area (Å²) in [6.45, 7) is 11.3. The van der Waals surface area contributed by atoms with E-state index >= 15 is 0 Å². The zero-order valence-corrected chi connectivity index (χ0v) is 14.0. The van der Waals surface area contributed by atoms with Gasteiger partial charge in [-0.25, -0.2) is 0 Å². The van der Waals surface area contributed by atoms with Crippen LogP contribution in [0.3, 0.4) is 0 Å². The van der Waals surface area contributed by atoms with E-state index < -0.39 is 28.6 Å². The van der Waals surface area contributed by atoms with E-state index in [1.165, 1.54) is 0 Å². The molecule has 2 aliphatic rings. The van der Waals surface area contributed by atoms with E-state index in [1.54, 1.807) is 9.80 Å². The highest BCUT2D eigenvalue weighted by molar-refractivity contribution is 5.92. The van der Waals surface area contributed by atoms with Gasteiger partial charge in [0.2, 0.25) is 11.8 Å². The molecule has 0 aromatic carbocycles. The largest absolute Gasteiger partial charge is 0.481 e. The summed E-state index contributed by atoms with van der Waals surface area (Å²) in [5, 5.41) is 9.19. The van der Waals surface area contributed by atoms with E-state index in [1.807, 2.05) is 34.6 Å². The van der Waals surface area contributed by atoms with Gasteiger partial charge in [0.25, 0.3) is 0 Å². The smallest absolute Gasteiger partial charge is 0.307 e. The standard InChI is InChI=1S/C16H26N2O4/c1-15(2,3)14(22)18-8-6-17(7-9-18)12(19)10-11(13(20)21)16(10,4)5/h10-11H,6-9H2,1-5H3,(H,20,21)/t10-,11+/m0/s1. The molecule has 1 aliphatic heterocycles. The SMILES string of the molecule is CC(C)(C)C(=O)N1CCN(C(=O)[C@@H]2[C@H](C(=O)O)C2(C)C)CC1. The molecule has 6 heteroatoms. The number of carboxylic acid groups (broad SMARTS) is 1. The minimum atomic E-state index is -0.898. The Labute approximate surface area is 131 Å². The summed E-state index contributed by atoms with van der Waals surface area (Å²) < 4.78 is 0. The summed E-state index contributed by atoms with van der Waals surface area (Å²) in [5.41, 5.74) is -0.889. The zero-order chi connectivity index (χ0) is 16.9. The molecule has 0 aromatic rings. The molecule has 22 heavy (non-hydrogen) atoms. The van der Waals surface area contributed by atoms with Gasteiger partial charge in [-0.2, -0.15) is 0 Å². The molecule has 0 radical (unpaired) electrons. The lowest BCUT2D eigenvalue weighted by atomic mass is 9.94. The van der Waals surface area contributed by atoms with Gasteiger partial charge in [-0.1, -0.05) is 34.6 Å². The fraction of sp³-hybridized carbons (Fsp3) is 0.812. The van der Waals surface area contributed by atoms with Crippen LogP contribution in [0.2, 0.25) is 0 Å². The van der Waals surface area contributed by atoms with Gasteiger partial charge in [-0.3, -0.25) is 14.4 Å². The van der Waals surface area contributed by atoms with Crippen molar-refractivity contribution >= 4 is 17.8 Å². The van der Waals surface area contributed by atoms with Crippen molar-refractivity contribution in [2.45, 2.75) is 34.6 Å². The van der Waals surface area contributed by atoms with Crippen LogP contribution in [-0.4, -0.2) is 58.9 Å². The summed E-state index contributed by atoms with van der Waals surface area (Å²) in [6, 6.07) is 0. The molecule has 0 bridgehead atoms. The van der Waals surface area contributed by atoms with Crippen LogP contribution in [0.4, 0.5) is 0 Å². The molecule has 0 spiro atoms. The van der Waals surface area contributed by atoms with Crippen LogP contribution >= 0.6 is 0 Å². The number of hydrogen-bond acceptors (Lipinski definition) is 3. The number of hydrogen-bond donors (Lipinski definition) is 1. The Morgan fingerprint density at radius 1 is 0.955 bits per heavy atom. The van der Waals surface area contributed by atoms with Crippen molar-refractivity contribution in [2.75, 3.05) is 26.2 Å². The van der Waals surface area contributed by atoms with E-state index in [2.05, 4.69) is 0 Å². The summed E-state index contributed by atoms with van der Waals surface area (Å²) >= 11 is 0. The summed E-state index contributed by atoms with van der Waals surface area (Å²) in [4.78, 5) is 39.5. The van der Waals surface area contributed by atoms with Crippen molar-refractivity contribution in [1.82, 2.24) is 9.80 Å². The Hall–Kier alpha value is -1.59. The topological polar surface area (TPSA) is 77.9 Å². The van der Waals surface area contributed by atoms with E-state index in [9.17, 15) is 19.5 Å². The summed E-state index contributed by atoms with van der Waals surface area (Å²) in [5.74, 6) is -1.91. The van der Waals surface area contributed by atoms with Gasteiger partial charge in [-0.05, 0) is 5.41 Å². The third-order valence-corrected chi connectivity index (χ3v) is 4.88. The molecule has 2 amide bonds. The zero-order valence-electron chi connectivity index (χ0n) is 14.0. The fourth-order valence-corrected chi connectivity index (χ4v) is 3.36. The maximum atomic E-state index is 12.5. The van der Waals surface area contributed by atoms with Crippen molar-refractivity contribution in [3.8, 4) is 0 Å². The molecule has 2 atom stereocenters. The van der Waals surface area contributed by atoms with Crippen LogP contribution in [0.15, 0.2) is 0 Å². The molecule has 1 saturated heterocycles. The monoisotopic (exact) mass is 310 g/mol. The summed E-state index contributed by atoms with van der Waals surface area (Å²) in [6.07, 6.45) is 0. The Morgan fingerprint density at radius 2 is 1.41 bits per heavy atom. The fourth-order valence-electron chi connectivity index (χ4n) is 3.36. The lowest BCUT2D eigenvalue weighted by Gasteiger charge is -2.38. The third-order valence-electron chi connectivity index (χ3n) is 4.88. The second kappa shape index (κ2) is 5.25. The van der Waals surface area contributed by atoms with Crippen molar-refractivity contribution in [2.24, 2.45) is 22.7 Å². The Morgan fingerprint density at radius 3 is 1.77 bits per heavy atom. The first-order valence-corrected chi connectivity index (χ1v) is 7.79. The van der Waals surface area contributed by atoms with Gasteiger partial charge < -0.3 is 14.9 Å². The molecular formula is C16H26N2O4.